The molecule has 8 heterocycles. The molecule has 8 fully saturated rings. The van der Waals surface area contributed by atoms with Gasteiger partial charge in [-0.1, -0.05) is 25.5 Å². The molecule has 9 rings (SSSR count). The first-order valence-corrected chi connectivity index (χ1v) is 31.5. The van der Waals surface area contributed by atoms with Gasteiger partial charge in [-0.05, 0) is 25.0 Å². The summed E-state index contributed by atoms with van der Waals surface area (Å²) < 4.78 is 104. The van der Waals surface area contributed by atoms with Crippen molar-refractivity contribution in [3.05, 3.63) is 29.8 Å². The summed E-state index contributed by atoms with van der Waals surface area (Å²) in [7, 11) is 1.12. The lowest BCUT2D eigenvalue weighted by Crippen LogP contribution is -2.66. The first-order chi connectivity index (χ1) is 46.6. The summed E-state index contributed by atoms with van der Waals surface area (Å²) in [5.74, 6) is -7.00. The average Bonchev–Trinajstić information content (AvgIpc) is 0.788. The highest BCUT2D eigenvalue weighted by molar-refractivity contribution is 5.92. The molecule has 558 valence electrons. The predicted molar refractivity (Wildman–Crippen MR) is 303 cm³/mol. The number of hydrogen-bond acceptors (Lipinski definition) is 38. The van der Waals surface area contributed by atoms with Crippen LogP contribution in [0.25, 0.3) is 0 Å². The summed E-state index contributed by atoms with van der Waals surface area (Å²) in [5.41, 5.74) is -0.0786. The molecule has 0 radical (unpaired) electrons. The van der Waals surface area contributed by atoms with Crippen LogP contribution in [0.3, 0.4) is 0 Å². The molecular formula is C58H86O40. The number of carbonyl (C=O) groups excluding carboxylic acids is 2. The second-order valence-corrected chi connectivity index (χ2v) is 24.8. The van der Waals surface area contributed by atoms with E-state index in [0.29, 0.717) is 0 Å². The van der Waals surface area contributed by atoms with Crippen LogP contribution in [0.15, 0.2) is 24.3 Å². The fraction of sp³-hybridized carbons (Fsp3) is 0.828. The Labute approximate surface area is 555 Å². The number of aliphatic hydroxyl groups excluding tert-OH is 16. The smallest absolute Gasteiger partial charge is 0.341 e. The lowest BCUT2D eigenvalue weighted by atomic mass is 9.95. The number of methoxy groups -OCH3 is 1. The SMILES string of the molecule is COC(=O)c1ccccc1O[C@H]1OC[C@@H](O)[C@H](O)[C@H]1O[C@H]1OC[C@@H](O)[C@H](O)[C@H]1O[C@H]1OC[C@@H](O)[C@H](O)[C@H]1O[C@H]1OC[C@@H](O)[C@H](O)[C@H]1O[C@H]1OC[C@@H](O)[C@H](O)[C@H]1O[C@H]1OC[C@@H](O)[C@H](O)[C@H]1O[C@H]1OC[C@@H](O)[C@H](O)[C@H]1O[C@H]1OC[C@@H](O)[C@H](O)[C@H]1OC(=O)CC(CCCC(C)C(=O)O)C(=O)O. The third-order valence-corrected chi connectivity index (χ3v) is 17.7. The van der Waals surface area contributed by atoms with Crippen LogP contribution in [0.1, 0.15) is 43.0 Å². The first kappa shape index (κ1) is 77.8. The molecule has 0 bridgehead atoms. The lowest BCUT2D eigenvalue weighted by molar-refractivity contribution is -0.402. The molecule has 2 unspecified atom stereocenters. The number of aliphatic carboxylic acids is 2. The maximum absolute atomic E-state index is 13.3. The first-order valence-electron chi connectivity index (χ1n) is 31.5. The number of rotatable bonds is 26. The highest BCUT2D eigenvalue weighted by Gasteiger charge is 2.57. The van der Waals surface area contributed by atoms with Crippen LogP contribution in [0.2, 0.25) is 0 Å². The molecule has 40 nitrogen and oxygen atoms in total. The molecule has 1 aromatic carbocycles. The van der Waals surface area contributed by atoms with Gasteiger partial charge in [0.2, 0.25) is 6.29 Å². The van der Waals surface area contributed by atoms with Crippen molar-refractivity contribution in [2.75, 3.05) is 60.0 Å². The van der Waals surface area contributed by atoms with E-state index in [9.17, 15) is 111 Å². The standard InChI is InChI=1S/C58H86O40/c1-19(48(76)77)6-5-7-20(49(78)79)10-31(67)91-40-32(68)22(59)12-83-52(40)93-42-34(70)24(61)14-85-54(42)95-44-36(72)26(63)16-87-56(44)97-46-38(74)28(65)18-89-58(46)98-47-39(75)29(66)17-88-57(47)96-45-37(73)27(64)15-86-55(45)94-43-35(71)25(62)13-84-53(43)92-41-33(69)23(60)11-82-51(41)90-30-9-4-3-8-21(30)50(80)81-2/h3-4,8-9,19-20,22-29,32-47,51-66,68-75H,5-7,10-18H2,1-2H3,(H,76,77)(H,78,79)/t19?,20?,22-,23-,24-,25-,26-,27-,28-,29-,32+,33+,34+,35+,36+,37+,38+,39+,40-,41-,42-,43-,44-,45-,46-,47-,51-,52-,53-,54-,55-,56-,57-,58-/m1/s1. The fourth-order valence-electron chi connectivity index (χ4n) is 11.8. The molecule has 18 N–H and O–H groups in total. The predicted octanol–water partition coefficient (Wildman–Crippen LogP) is -9.93. The van der Waals surface area contributed by atoms with E-state index in [1.165, 1.54) is 31.2 Å². The Bertz CT molecular complexity index is 2720. The Balaban J connectivity index is 0.910. The minimum atomic E-state index is -2.08. The van der Waals surface area contributed by atoms with Crippen LogP contribution < -0.4 is 4.74 Å². The largest absolute Gasteiger partial charge is 0.481 e. The second-order valence-electron chi connectivity index (χ2n) is 24.8. The number of esters is 2. The van der Waals surface area contributed by atoms with E-state index in [0.717, 1.165) is 7.11 Å². The van der Waals surface area contributed by atoms with E-state index in [1.54, 1.807) is 0 Å². The Morgan fingerprint density at radius 1 is 0.398 bits per heavy atom. The van der Waals surface area contributed by atoms with E-state index in [1.807, 2.05) is 0 Å². The third-order valence-electron chi connectivity index (χ3n) is 17.7. The van der Waals surface area contributed by atoms with E-state index in [-0.39, 0.29) is 30.6 Å². The van der Waals surface area contributed by atoms with Gasteiger partial charge in [-0.25, -0.2) is 4.79 Å². The number of ether oxygens (including phenoxy) is 18. The number of aliphatic hydroxyl groups is 16. The summed E-state index contributed by atoms with van der Waals surface area (Å²) in [6.07, 6.45) is -62.5. The Kier molecular flexibility index (Phi) is 27.6. The lowest BCUT2D eigenvalue weighted by Gasteiger charge is -2.48. The van der Waals surface area contributed by atoms with E-state index in [2.05, 4.69) is 0 Å². The van der Waals surface area contributed by atoms with Crippen molar-refractivity contribution < 1.29 is 196 Å². The number of carboxylic acids is 2. The molecule has 0 saturated carbocycles. The average molecular weight is 1420 g/mol. The van der Waals surface area contributed by atoms with Crippen molar-refractivity contribution in [3.8, 4) is 5.75 Å². The zero-order chi connectivity index (χ0) is 71.1. The van der Waals surface area contributed by atoms with E-state index >= 15 is 0 Å². The second kappa shape index (κ2) is 34.8. The monoisotopic (exact) mass is 1420 g/mol. The molecule has 34 atom stereocenters. The summed E-state index contributed by atoms with van der Waals surface area (Å²) >= 11 is 0. The topological polar surface area (TPSA) is 599 Å². The van der Waals surface area contributed by atoms with Crippen LogP contribution in [0.5, 0.6) is 5.75 Å². The van der Waals surface area contributed by atoms with Crippen LogP contribution in [-0.2, 0) is 94.9 Å². The Morgan fingerprint density at radius 3 is 0.969 bits per heavy atom. The van der Waals surface area contributed by atoms with Crippen molar-refractivity contribution >= 4 is 23.9 Å². The fourth-order valence-corrected chi connectivity index (χ4v) is 11.8. The number of carbonyl (C=O) groups is 4. The van der Waals surface area contributed by atoms with Gasteiger partial charge in [-0.15, -0.1) is 0 Å². The maximum atomic E-state index is 13.3. The molecule has 8 saturated heterocycles. The van der Waals surface area contributed by atoms with Gasteiger partial charge in [0.05, 0.1) is 78.2 Å². The molecule has 40 heteroatoms. The minimum Gasteiger partial charge on any atom is -0.481 e. The molecule has 0 spiro atoms. The molecule has 1 aromatic rings. The molecule has 8 aliphatic rings. The van der Waals surface area contributed by atoms with Crippen molar-refractivity contribution in [1.29, 1.82) is 0 Å². The van der Waals surface area contributed by atoms with Crippen LogP contribution in [0.4, 0.5) is 0 Å². The molecule has 8 aliphatic heterocycles. The van der Waals surface area contributed by atoms with Crippen LogP contribution in [-0.4, -0.2) is 373 Å². The van der Waals surface area contributed by atoms with Gasteiger partial charge in [0.15, 0.2) is 56.2 Å². The number of benzene rings is 1. The van der Waals surface area contributed by atoms with Gasteiger partial charge in [-0.3, -0.25) is 14.4 Å². The molecule has 0 aliphatic carbocycles. The highest BCUT2D eigenvalue weighted by atomic mass is 16.8. The van der Waals surface area contributed by atoms with Gasteiger partial charge in [0.25, 0.3) is 0 Å². The number of hydrogen-bond donors (Lipinski definition) is 18. The Morgan fingerprint density at radius 2 is 0.673 bits per heavy atom. The summed E-state index contributed by atoms with van der Waals surface area (Å²) in [5, 5.41) is 197. The molecule has 98 heavy (non-hydrogen) atoms. The number of carboxylic acid groups (broad SMARTS) is 2. The molecular weight excluding hydrogens is 1340 g/mol. The van der Waals surface area contributed by atoms with Crippen molar-refractivity contribution in [3.63, 3.8) is 0 Å². The van der Waals surface area contributed by atoms with Crippen molar-refractivity contribution in [2.24, 2.45) is 11.8 Å². The zero-order valence-electron chi connectivity index (χ0n) is 52.5. The molecule has 0 aromatic heterocycles. The number of para-hydroxylation sites is 1. The summed E-state index contributed by atoms with van der Waals surface area (Å²) in [4.78, 5) is 49.4. The van der Waals surface area contributed by atoms with Gasteiger partial charge in [0, 0.05) is 0 Å². The Hall–Kier alpha value is -4.34. The third kappa shape index (κ3) is 18.3. The van der Waals surface area contributed by atoms with E-state index < -0.39 is 292 Å². The van der Waals surface area contributed by atoms with Gasteiger partial charge in [0.1, 0.15) is 146 Å². The minimum absolute atomic E-state index is 0.0699. The highest BCUT2D eigenvalue weighted by Crippen LogP contribution is 2.37. The maximum Gasteiger partial charge on any atom is 0.341 e. The van der Waals surface area contributed by atoms with Crippen molar-refractivity contribution in [1.82, 2.24) is 0 Å². The summed E-state index contributed by atoms with van der Waals surface area (Å²) in [6.45, 7) is -4.12. The van der Waals surface area contributed by atoms with Crippen molar-refractivity contribution in [2.45, 2.75) is 229 Å². The zero-order valence-corrected chi connectivity index (χ0v) is 52.5. The van der Waals surface area contributed by atoms with Gasteiger partial charge < -0.3 is 177 Å². The van der Waals surface area contributed by atoms with Gasteiger partial charge >= 0.3 is 23.9 Å². The normalized spacial score (nSPS) is 44.0. The van der Waals surface area contributed by atoms with E-state index in [4.69, 9.17) is 85.3 Å². The van der Waals surface area contributed by atoms with Crippen LogP contribution >= 0.6 is 0 Å². The molecule has 0 amide bonds. The quantitative estimate of drug-likeness (QED) is 0.0383. The van der Waals surface area contributed by atoms with Crippen LogP contribution in [0, 0.1) is 11.8 Å². The van der Waals surface area contributed by atoms with Gasteiger partial charge in [-0.2, -0.15) is 0 Å². The summed E-state index contributed by atoms with van der Waals surface area (Å²) in [6, 6.07) is 5.74.